The number of hydrogen-bond donors (Lipinski definition) is 3. The lowest BCUT2D eigenvalue weighted by Gasteiger charge is -2.47. The molecule has 0 aliphatic rings. The van der Waals surface area contributed by atoms with Crippen molar-refractivity contribution in [3.05, 3.63) is 0 Å². The molecule has 0 saturated carbocycles. The number of unbranched alkanes of at least 4 members (excludes halogenated alkanes) is 16. The van der Waals surface area contributed by atoms with E-state index in [4.69, 9.17) is 5.11 Å². The molecule has 0 rings (SSSR count). The van der Waals surface area contributed by atoms with Gasteiger partial charge >= 0.3 is 11.9 Å². The highest BCUT2D eigenvalue weighted by Crippen LogP contribution is 2.39. The molecule has 0 heterocycles. The van der Waals surface area contributed by atoms with Crippen LogP contribution in [-0.4, -0.2) is 57.4 Å². The summed E-state index contributed by atoms with van der Waals surface area (Å²) < 4.78 is 0. The van der Waals surface area contributed by atoms with Gasteiger partial charge in [-0.3, -0.25) is 14.5 Å². The van der Waals surface area contributed by atoms with Crippen molar-refractivity contribution in [2.75, 3.05) is 19.7 Å². The third-order valence-corrected chi connectivity index (χ3v) is 12.0. The first-order valence-electron chi connectivity index (χ1n) is 23.1. The van der Waals surface area contributed by atoms with Crippen LogP contribution in [0, 0.1) is 11.8 Å². The molecule has 3 N–H and O–H groups in total. The number of carboxylic acids is 2. The number of hydrogen-bond acceptors (Lipinski definition) is 4. The average molecular weight is 738 g/mol. The van der Waals surface area contributed by atoms with Crippen LogP contribution in [0.4, 0.5) is 0 Å². The number of aliphatic carboxylic acids is 2. The Balaban J connectivity index is 6.48. The Labute approximate surface area is 324 Å². The molecule has 6 heteroatoms. The standard InChI is InChI=1S/C46H91NO5/c1-5-9-18-28-42(29-19-10-6-2)34-37-46(36-24-16-15-23-33-45(51)52,38-35-43(30-20-11-7-3)31-21-12-8-4)47(40-26-27-41-48)39-25-17-13-14-22-32-44(49)50/h42-43,48H,5-41H2,1-4H3,(H,49,50)(H,51,52). The van der Waals surface area contributed by atoms with Crippen LogP contribution in [0.2, 0.25) is 0 Å². The van der Waals surface area contributed by atoms with E-state index < -0.39 is 11.9 Å². The number of carboxylic acid groups (broad SMARTS) is 2. The van der Waals surface area contributed by atoms with Crippen LogP contribution in [0.1, 0.15) is 246 Å². The van der Waals surface area contributed by atoms with Crippen molar-refractivity contribution in [3.8, 4) is 0 Å². The molecule has 0 atom stereocenters. The molecule has 310 valence electrons. The Morgan fingerprint density at radius 2 is 0.808 bits per heavy atom. The highest BCUT2D eigenvalue weighted by atomic mass is 16.4. The molecule has 0 amide bonds. The Hall–Kier alpha value is -1.14. The molecule has 0 aromatic carbocycles. The molecule has 0 aliphatic carbocycles. The van der Waals surface area contributed by atoms with Crippen LogP contribution in [0.15, 0.2) is 0 Å². The molecule has 0 fully saturated rings. The Kier molecular flexibility index (Phi) is 36.0. The third kappa shape index (κ3) is 29.2. The minimum Gasteiger partial charge on any atom is -0.481 e. The van der Waals surface area contributed by atoms with E-state index in [-0.39, 0.29) is 25.0 Å². The zero-order chi connectivity index (χ0) is 38.5. The van der Waals surface area contributed by atoms with Crippen LogP contribution in [0.25, 0.3) is 0 Å². The summed E-state index contributed by atoms with van der Waals surface area (Å²) in [6.45, 7) is 11.7. The van der Waals surface area contributed by atoms with Crippen molar-refractivity contribution in [3.63, 3.8) is 0 Å². The topological polar surface area (TPSA) is 98.1 Å². The van der Waals surface area contributed by atoms with Gasteiger partial charge in [-0.15, -0.1) is 0 Å². The van der Waals surface area contributed by atoms with Crippen molar-refractivity contribution >= 4 is 11.9 Å². The molecule has 0 saturated heterocycles. The fraction of sp³-hybridized carbons (Fsp3) is 0.957. The van der Waals surface area contributed by atoms with E-state index in [2.05, 4.69) is 32.6 Å². The second-order valence-corrected chi connectivity index (χ2v) is 16.7. The van der Waals surface area contributed by atoms with Gasteiger partial charge in [0.1, 0.15) is 0 Å². The lowest BCUT2D eigenvalue weighted by Crippen LogP contribution is -2.50. The maximum atomic E-state index is 11.2. The van der Waals surface area contributed by atoms with E-state index >= 15 is 0 Å². The second kappa shape index (κ2) is 36.8. The summed E-state index contributed by atoms with van der Waals surface area (Å²) in [5.41, 5.74) is 0.146. The molecule has 0 aliphatic heterocycles. The maximum absolute atomic E-state index is 11.2. The first-order valence-corrected chi connectivity index (χ1v) is 23.1. The fourth-order valence-electron chi connectivity index (χ4n) is 8.59. The van der Waals surface area contributed by atoms with Crippen LogP contribution in [0.3, 0.4) is 0 Å². The predicted molar refractivity (Wildman–Crippen MR) is 223 cm³/mol. The Morgan fingerprint density at radius 3 is 1.19 bits per heavy atom. The molecular formula is C46H91NO5. The van der Waals surface area contributed by atoms with E-state index in [1.54, 1.807) is 0 Å². The van der Waals surface area contributed by atoms with E-state index in [1.807, 2.05) is 0 Å². The van der Waals surface area contributed by atoms with Crippen molar-refractivity contribution in [2.24, 2.45) is 11.8 Å². The van der Waals surface area contributed by atoms with Crippen LogP contribution < -0.4 is 0 Å². The molecule has 0 spiro atoms. The normalized spacial score (nSPS) is 12.2. The lowest BCUT2D eigenvalue weighted by molar-refractivity contribution is -0.138. The first kappa shape index (κ1) is 50.9. The monoisotopic (exact) mass is 738 g/mol. The smallest absolute Gasteiger partial charge is 0.303 e. The number of carbonyl (C=O) groups is 2. The largest absolute Gasteiger partial charge is 0.481 e. The van der Waals surface area contributed by atoms with Crippen LogP contribution >= 0.6 is 0 Å². The summed E-state index contributed by atoms with van der Waals surface area (Å²) >= 11 is 0. The Morgan fingerprint density at radius 1 is 0.442 bits per heavy atom. The van der Waals surface area contributed by atoms with E-state index in [9.17, 15) is 19.8 Å². The third-order valence-electron chi connectivity index (χ3n) is 12.0. The summed E-state index contributed by atoms with van der Waals surface area (Å²) in [4.78, 5) is 25.2. The van der Waals surface area contributed by atoms with Gasteiger partial charge in [-0.05, 0) is 89.1 Å². The van der Waals surface area contributed by atoms with Gasteiger partial charge in [-0.2, -0.15) is 0 Å². The van der Waals surface area contributed by atoms with Gasteiger partial charge in [0.15, 0.2) is 0 Å². The number of aliphatic hydroxyl groups is 1. The van der Waals surface area contributed by atoms with Gasteiger partial charge in [0.05, 0.1) is 0 Å². The summed E-state index contributed by atoms with van der Waals surface area (Å²) in [6, 6.07) is 0. The Bertz CT molecular complexity index is 741. The highest BCUT2D eigenvalue weighted by Gasteiger charge is 2.36. The van der Waals surface area contributed by atoms with Gasteiger partial charge in [0, 0.05) is 25.0 Å². The molecule has 0 unspecified atom stereocenters. The van der Waals surface area contributed by atoms with Crippen LogP contribution in [-0.2, 0) is 9.59 Å². The second-order valence-electron chi connectivity index (χ2n) is 16.7. The van der Waals surface area contributed by atoms with Crippen molar-refractivity contribution in [1.29, 1.82) is 0 Å². The minimum atomic E-state index is -0.687. The summed E-state index contributed by atoms with van der Waals surface area (Å²) in [7, 11) is 0. The summed E-state index contributed by atoms with van der Waals surface area (Å²) in [5, 5.41) is 28.2. The fourth-order valence-corrected chi connectivity index (χ4v) is 8.59. The highest BCUT2D eigenvalue weighted by molar-refractivity contribution is 5.66. The maximum Gasteiger partial charge on any atom is 0.303 e. The zero-order valence-electron chi connectivity index (χ0n) is 35.4. The number of nitrogens with zero attached hydrogens (tertiary/aromatic N) is 1. The van der Waals surface area contributed by atoms with Crippen molar-refractivity contribution in [1.82, 2.24) is 4.90 Å². The number of rotatable bonds is 42. The molecule has 0 radical (unpaired) electrons. The summed E-state index contributed by atoms with van der Waals surface area (Å²) in [6.07, 6.45) is 39.3. The molecule has 0 aromatic rings. The van der Waals surface area contributed by atoms with Gasteiger partial charge < -0.3 is 15.3 Å². The van der Waals surface area contributed by atoms with E-state index in [1.165, 1.54) is 135 Å². The van der Waals surface area contributed by atoms with Gasteiger partial charge in [0.25, 0.3) is 0 Å². The number of aliphatic hydroxyl groups excluding tert-OH is 1. The molecule has 52 heavy (non-hydrogen) atoms. The molecule has 0 aromatic heterocycles. The quantitative estimate of drug-likeness (QED) is 0.0540. The minimum absolute atomic E-state index is 0.146. The van der Waals surface area contributed by atoms with E-state index in [0.29, 0.717) is 0 Å². The summed E-state index contributed by atoms with van der Waals surface area (Å²) in [5.74, 6) is 0.230. The molecular weight excluding hydrogens is 647 g/mol. The first-order chi connectivity index (χ1) is 25.3. The van der Waals surface area contributed by atoms with Gasteiger partial charge in [0.2, 0.25) is 0 Å². The molecule has 6 nitrogen and oxygen atoms in total. The van der Waals surface area contributed by atoms with Crippen molar-refractivity contribution in [2.45, 2.75) is 252 Å². The molecule has 0 bridgehead atoms. The zero-order valence-corrected chi connectivity index (χ0v) is 35.4. The van der Waals surface area contributed by atoms with Gasteiger partial charge in [-0.1, -0.05) is 169 Å². The SMILES string of the molecule is CCCCCC(CCCCC)CCC(CCCCCCC(=O)O)(CCC(CCCCC)CCCCC)N(CCCCO)CCCCCCCC(=O)O. The van der Waals surface area contributed by atoms with Crippen LogP contribution in [0.5, 0.6) is 0 Å². The van der Waals surface area contributed by atoms with Crippen molar-refractivity contribution < 1.29 is 24.9 Å². The van der Waals surface area contributed by atoms with E-state index in [0.717, 1.165) is 95.6 Å². The predicted octanol–water partition coefficient (Wildman–Crippen LogP) is 13.8. The average Bonchev–Trinajstić information content (AvgIpc) is 3.12. The van der Waals surface area contributed by atoms with Gasteiger partial charge in [-0.25, -0.2) is 0 Å². The lowest BCUT2D eigenvalue weighted by atomic mass is 9.75.